The van der Waals surface area contributed by atoms with Gasteiger partial charge in [-0.3, -0.25) is 4.79 Å². The highest BCUT2D eigenvalue weighted by Crippen LogP contribution is 2.51. The number of amides is 1. The minimum atomic E-state index is -3.15. The van der Waals surface area contributed by atoms with Gasteiger partial charge in [-0.05, 0) is 18.3 Å². The number of aliphatic carboxylic acids is 1. The SMILES string of the molecule is CC1(C)CC1C(=O)N/C(=C/CCS(C)(=O)=O)C(=O)O. The third kappa shape index (κ3) is 5.02. The Hall–Kier alpha value is -1.37. The van der Waals surface area contributed by atoms with Crippen LogP contribution in [0.1, 0.15) is 26.7 Å². The molecule has 6 nitrogen and oxygen atoms in total. The number of carboxylic acids is 1. The molecule has 1 saturated carbocycles. The Morgan fingerprint density at radius 2 is 1.95 bits per heavy atom. The van der Waals surface area contributed by atoms with E-state index in [1.807, 2.05) is 13.8 Å². The van der Waals surface area contributed by atoms with E-state index in [9.17, 15) is 18.0 Å². The van der Waals surface area contributed by atoms with Gasteiger partial charge in [0.25, 0.3) is 0 Å². The molecule has 108 valence electrons. The predicted octanol–water partition coefficient (Wildman–Crippen LogP) is 0.552. The van der Waals surface area contributed by atoms with Crippen molar-refractivity contribution < 1.29 is 23.1 Å². The molecule has 7 heteroatoms. The molecule has 1 aliphatic carbocycles. The van der Waals surface area contributed by atoms with Crippen LogP contribution in [0.2, 0.25) is 0 Å². The van der Waals surface area contributed by atoms with E-state index >= 15 is 0 Å². The zero-order valence-corrected chi connectivity index (χ0v) is 12.1. The average molecular weight is 289 g/mol. The highest BCUT2D eigenvalue weighted by Gasteiger charge is 2.50. The van der Waals surface area contributed by atoms with E-state index in [0.717, 1.165) is 12.7 Å². The summed E-state index contributed by atoms with van der Waals surface area (Å²) in [6, 6.07) is 0. The van der Waals surface area contributed by atoms with Crippen LogP contribution in [0, 0.1) is 11.3 Å². The summed E-state index contributed by atoms with van der Waals surface area (Å²) in [7, 11) is -3.15. The van der Waals surface area contributed by atoms with Crippen molar-refractivity contribution in [3.8, 4) is 0 Å². The molecule has 0 bridgehead atoms. The molecule has 2 N–H and O–H groups in total. The van der Waals surface area contributed by atoms with Gasteiger partial charge in [0.05, 0.1) is 5.75 Å². The summed E-state index contributed by atoms with van der Waals surface area (Å²) >= 11 is 0. The largest absolute Gasteiger partial charge is 0.477 e. The molecule has 1 aliphatic rings. The molecule has 1 fully saturated rings. The lowest BCUT2D eigenvalue weighted by atomic mass is 10.1. The molecule has 1 rings (SSSR count). The highest BCUT2D eigenvalue weighted by atomic mass is 32.2. The number of carbonyl (C=O) groups excluding carboxylic acids is 1. The van der Waals surface area contributed by atoms with Gasteiger partial charge in [-0.1, -0.05) is 19.9 Å². The number of carboxylic acid groups (broad SMARTS) is 1. The first-order valence-electron chi connectivity index (χ1n) is 5.95. The van der Waals surface area contributed by atoms with Crippen molar-refractivity contribution in [3.63, 3.8) is 0 Å². The summed E-state index contributed by atoms with van der Waals surface area (Å²) in [5.41, 5.74) is -0.336. The van der Waals surface area contributed by atoms with Crippen LogP contribution < -0.4 is 5.32 Å². The molecular formula is C12H19NO5S. The summed E-state index contributed by atoms with van der Waals surface area (Å²) < 4.78 is 21.9. The summed E-state index contributed by atoms with van der Waals surface area (Å²) in [5.74, 6) is -1.90. The first kappa shape index (κ1) is 15.7. The van der Waals surface area contributed by atoms with Crippen molar-refractivity contribution in [2.75, 3.05) is 12.0 Å². The standard InChI is InChI=1S/C12H19NO5S/c1-12(2)7-8(12)10(14)13-9(11(15)16)5-4-6-19(3,17)18/h5,8H,4,6-7H2,1-3H3,(H,13,14)(H,15,16)/b9-5+. The number of allylic oxidation sites excluding steroid dienone is 1. The molecule has 0 heterocycles. The van der Waals surface area contributed by atoms with Crippen LogP contribution in [0.15, 0.2) is 11.8 Å². The van der Waals surface area contributed by atoms with Crippen LogP contribution in [0.4, 0.5) is 0 Å². The lowest BCUT2D eigenvalue weighted by Gasteiger charge is -2.07. The van der Waals surface area contributed by atoms with E-state index in [1.165, 1.54) is 6.08 Å². The maximum absolute atomic E-state index is 11.8. The van der Waals surface area contributed by atoms with Gasteiger partial charge in [0, 0.05) is 12.2 Å². The van der Waals surface area contributed by atoms with E-state index < -0.39 is 15.8 Å². The summed E-state index contributed by atoms with van der Waals surface area (Å²) in [5, 5.41) is 11.3. The second kappa shape index (κ2) is 5.32. The quantitative estimate of drug-likeness (QED) is 0.695. The van der Waals surface area contributed by atoms with Crippen molar-refractivity contribution in [2.24, 2.45) is 11.3 Å². The van der Waals surface area contributed by atoms with Gasteiger partial charge in [0.2, 0.25) is 5.91 Å². The van der Waals surface area contributed by atoms with Crippen molar-refractivity contribution in [1.82, 2.24) is 5.32 Å². The second-order valence-corrected chi connectivity index (χ2v) is 7.84. The summed E-state index contributed by atoms with van der Waals surface area (Å²) in [6.45, 7) is 3.87. The van der Waals surface area contributed by atoms with Gasteiger partial charge < -0.3 is 10.4 Å². The molecule has 0 spiro atoms. The number of hydrogen-bond donors (Lipinski definition) is 2. The lowest BCUT2D eigenvalue weighted by Crippen LogP contribution is -2.29. The van der Waals surface area contributed by atoms with Crippen LogP contribution >= 0.6 is 0 Å². The minimum Gasteiger partial charge on any atom is -0.477 e. The van der Waals surface area contributed by atoms with Crippen molar-refractivity contribution in [2.45, 2.75) is 26.7 Å². The molecule has 0 aromatic carbocycles. The van der Waals surface area contributed by atoms with Crippen LogP contribution in [0.25, 0.3) is 0 Å². The molecule has 0 aromatic rings. The first-order valence-corrected chi connectivity index (χ1v) is 8.01. The molecule has 0 aliphatic heterocycles. The van der Waals surface area contributed by atoms with E-state index in [1.54, 1.807) is 0 Å². The predicted molar refractivity (Wildman–Crippen MR) is 70.1 cm³/mol. The molecule has 1 unspecified atom stereocenters. The summed E-state index contributed by atoms with van der Waals surface area (Å²) in [4.78, 5) is 22.7. The lowest BCUT2D eigenvalue weighted by molar-refractivity contribution is -0.135. The van der Waals surface area contributed by atoms with Gasteiger partial charge in [-0.15, -0.1) is 0 Å². The minimum absolute atomic E-state index is 0.0643. The van der Waals surface area contributed by atoms with E-state index in [2.05, 4.69) is 5.32 Å². The van der Waals surface area contributed by atoms with Crippen molar-refractivity contribution in [1.29, 1.82) is 0 Å². The van der Waals surface area contributed by atoms with Gasteiger partial charge in [-0.25, -0.2) is 13.2 Å². The molecule has 19 heavy (non-hydrogen) atoms. The van der Waals surface area contributed by atoms with Crippen molar-refractivity contribution in [3.05, 3.63) is 11.8 Å². The Morgan fingerprint density at radius 1 is 1.42 bits per heavy atom. The maximum Gasteiger partial charge on any atom is 0.352 e. The fraction of sp³-hybridized carbons (Fsp3) is 0.667. The Balaban J connectivity index is 2.61. The molecule has 0 radical (unpaired) electrons. The third-order valence-electron chi connectivity index (χ3n) is 3.16. The van der Waals surface area contributed by atoms with E-state index in [4.69, 9.17) is 5.11 Å². The number of nitrogens with one attached hydrogen (secondary N) is 1. The van der Waals surface area contributed by atoms with Gasteiger partial charge >= 0.3 is 5.97 Å². The fourth-order valence-corrected chi connectivity index (χ4v) is 2.29. The Kier molecular flexibility index (Phi) is 4.39. The Labute approximate surface area is 112 Å². The van der Waals surface area contributed by atoms with Crippen molar-refractivity contribution >= 4 is 21.7 Å². The Bertz CT molecular complexity index is 518. The number of hydrogen-bond acceptors (Lipinski definition) is 4. The second-order valence-electron chi connectivity index (χ2n) is 5.58. The third-order valence-corrected chi connectivity index (χ3v) is 4.13. The first-order chi connectivity index (χ1) is 8.53. The molecular weight excluding hydrogens is 270 g/mol. The molecule has 1 atom stereocenters. The zero-order chi connectivity index (χ0) is 14.8. The topological polar surface area (TPSA) is 101 Å². The maximum atomic E-state index is 11.8. The zero-order valence-electron chi connectivity index (χ0n) is 11.3. The van der Waals surface area contributed by atoms with Crippen LogP contribution in [0.5, 0.6) is 0 Å². The fourth-order valence-electron chi connectivity index (χ4n) is 1.74. The molecule has 0 aromatic heterocycles. The van der Waals surface area contributed by atoms with Crippen LogP contribution in [-0.4, -0.2) is 37.4 Å². The van der Waals surface area contributed by atoms with E-state index in [0.29, 0.717) is 0 Å². The normalized spacial score (nSPS) is 21.8. The number of carbonyl (C=O) groups is 2. The number of rotatable bonds is 6. The molecule has 1 amide bonds. The highest BCUT2D eigenvalue weighted by molar-refractivity contribution is 7.90. The summed E-state index contributed by atoms with van der Waals surface area (Å²) in [6.07, 6.45) is 3.10. The molecule has 0 saturated heterocycles. The van der Waals surface area contributed by atoms with E-state index in [-0.39, 0.29) is 35.1 Å². The average Bonchev–Trinajstić information content (AvgIpc) is 2.84. The van der Waals surface area contributed by atoms with Crippen LogP contribution in [0.3, 0.4) is 0 Å². The smallest absolute Gasteiger partial charge is 0.352 e. The number of sulfone groups is 1. The monoisotopic (exact) mass is 289 g/mol. The van der Waals surface area contributed by atoms with Crippen LogP contribution in [-0.2, 0) is 19.4 Å². The van der Waals surface area contributed by atoms with Gasteiger partial charge in [0.15, 0.2) is 0 Å². The van der Waals surface area contributed by atoms with Gasteiger partial charge in [0.1, 0.15) is 15.5 Å². The Morgan fingerprint density at radius 3 is 2.32 bits per heavy atom. The van der Waals surface area contributed by atoms with Gasteiger partial charge in [-0.2, -0.15) is 0 Å².